The zero-order valence-corrected chi connectivity index (χ0v) is 21.6. The molecule has 2 heterocycles. The molecule has 0 saturated carbocycles. The Balaban J connectivity index is 1.52. The molecule has 188 valence electrons. The third kappa shape index (κ3) is 4.88. The maximum absolute atomic E-state index is 13.6. The lowest BCUT2D eigenvalue weighted by atomic mass is 9.70. The summed E-state index contributed by atoms with van der Waals surface area (Å²) in [5, 5.41) is 2.81. The predicted octanol–water partition coefficient (Wildman–Crippen LogP) is 3.86. The van der Waals surface area contributed by atoms with Gasteiger partial charge in [0.05, 0.1) is 41.0 Å². The number of sulfone groups is 1. The van der Waals surface area contributed by atoms with Crippen molar-refractivity contribution in [1.82, 2.24) is 9.97 Å². The van der Waals surface area contributed by atoms with Crippen LogP contribution in [0.3, 0.4) is 0 Å². The van der Waals surface area contributed by atoms with Gasteiger partial charge < -0.3 is 10.1 Å². The van der Waals surface area contributed by atoms with Crippen molar-refractivity contribution in [2.24, 2.45) is 0 Å². The van der Waals surface area contributed by atoms with E-state index in [1.165, 1.54) is 12.1 Å². The van der Waals surface area contributed by atoms with Crippen LogP contribution in [0.5, 0.6) is 5.88 Å². The smallest absolute Gasteiger partial charge is 0.229 e. The van der Waals surface area contributed by atoms with Crippen LogP contribution in [0.25, 0.3) is 0 Å². The topological polar surface area (TPSA) is 115 Å². The highest BCUT2D eigenvalue weighted by Crippen LogP contribution is 2.39. The molecule has 0 radical (unpaired) electrons. The molecule has 1 amide bonds. The third-order valence-electron chi connectivity index (χ3n) is 6.67. The van der Waals surface area contributed by atoms with Gasteiger partial charge in [0.1, 0.15) is 5.82 Å². The molecule has 1 unspecified atom stereocenters. The molecule has 3 aromatic rings. The van der Waals surface area contributed by atoms with Crippen LogP contribution in [-0.2, 0) is 32.9 Å². The number of pyridine rings is 2. The Kier molecular flexibility index (Phi) is 6.95. The fourth-order valence-electron chi connectivity index (χ4n) is 4.49. The third-order valence-corrected chi connectivity index (χ3v) is 8.42. The first-order valence-electron chi connectivity index (χ1n) is 11.8. The van der Waals surface area contributed by atoms with Crippen LogP contribution in [0.1, 0.15) is 53.1 Å². The second-order valence-corrected chi connectivity index (χ2v) is 11.4. The quantitative estimate of drug-likeness (QED) is 0.516. The van der Waals surface area contributed by atoms with Crippen molar-refractivity contribution in [3.63, 3.8) is 0 Å². The van der Waals surface area contributed by atoms with Crippen molar-refractivity contribution in [2.75, 3.05) is 18.2 Å². The summed E-state index contributed by atoms with van der Waals surface area (Å²) in [6.45, 7) is 5.33. The SMILES string of the molecule is CCS(=O)(=O)c1ccc(CC(=O)Nc2cc(C)c3c(n2)CCC(C)(c2cccc(OC)n2)C3=O)cc1. The second kappa shape index (κ2) is 9.81. The van der Waals surface area contributed by atoms with Gasteiger partial charge in [0.15, 0.2) is 15.6 Å². The lowest BCUT2D eigenvalue weighted by molar-refractivity contribution is -0.115. The van der Waals surface area contributed by atoms with Gasteiger partial charge in [-0.3, -0.25) is 9.59 Å². The number of anilines is 1. The molecule has 0 aliphatic heterocycles. The number of nitrogens with one attached hydrogen (secondary N) is 1. The van der Waals surface area contributed by atoms with Gasteiger partial charge in [-0.05, 0) is 62.1 Å². The second-order valence-electron chi connectivity index (χ2n) is 9.14. The first kappa shape index (κ1) is 25.5. The number of benzene rings is 1. The number of carbonyl (C=O) groups is 2. The minimum atomic E-state index is -3.29. The molecule has 1 aliphatic rings. The van der Waals surface area contributed by atoms with Crippen LogP contribution in [0.15, 0.2) is 53.4 Å². The van der Waals surface area contributed by atoms with Gasteiger partial charge in [-0.2, -0.15) is 0 Å². The van der Waals surface area contributed by atoms with E-state index >= 15 is 0 Å². The summed E-state index contributed by atoms with van der Waals surface area (Å²) in [6.07, 6.45) is 1.17. The molecular weight excluding hydrogens is 478 g/mol. The first-order chi connectivity index (χ1) is 17.1. The molecule has 0 fully saturated rings. The summed E-state index contributed by atoms with van der Waals surface area (Å²) in [4.78, 5) is 35.6. The number of nitrogens with zero attached hydrogens (tertiary/aromatic N) is 2. The predicted molar refractivity (Wildman–Crippen MR) is 136 cm³/mol. The van der Waals surface area contributed by atoms with Gasteiger partial charge in [0.2, 0.25) is 11.8 Å². The zero-order valence-electron chi connectivity index (χ0n) is 20.8. The number of methoxy groups -OCH3 is 1. The highest BCUT2D eigenvalue weighted by Gasteiger charge is 2.42. The molecular formula is C27H29N3O5S. The highest BCUT2D eigenvalue weighted by molar-refractivity contribution is 7.91. The zero-order chi connectivity index (χ0) is 26.1. The maximum Gasteiger partial charge on any atom is 0.229 e. The van der Waals surface area contributed by atoms with Crippen LogP contribution < -0.4 is 10.1 Å². The van der Waals surface area contributed by atoms with Gasteiger partial charge in [-0.15, -0.1) is 0 Å². The van der Waals surface area contributed by atoms with E-state index in [4.69, 9.17) is 4.74 Å². The molecule has 1 aliphatic carbocycles. The van der Waals surface area contributed by atoms with E-state index in [1.54, 1.807) is 38.3 Å². The van der Waals surface area contributed by atoms with Crippen molar-refractivity contribution in [2.45, 2.75) is 50.3 Å². The summed E-state index contributed by atoms with van der Waals surface area (Å²) >= 11 is 0. The summed E-state index contributed by atoms with van der Waals surface area (Å²) in [6, 6.07) is 13.4. The number of aryl methyl sites for hydroxylation is 2. The molecule has 1 atom stereocenters. The number of hydrogen-bond donors (Lipinski definition) is 1. The molecule has 0 saturated heterocycles. The van der Waals surface area contributed by atoms with Crippen LogP contribution in [0, 0.1) is 6.92 Å². The van der Waals surface area contributed by atoms with E-state index in [1.807, 2.05) is 26.0 Å². The summed E-state index contributed by atoms with van der Waals surface area (Å²) in [7, 11) is -1.74. The molecule has 4 rings (SSSR count). The van der Waals surface area contributed by atoms with Crippen molar-refractivity contribution in [1.29, 1.82) is 0 Å². The van der Waals surface area contributed by atoms with E-state index < -0.39 is 15.3 Å². The van der Waals surface area contributed by atoms with Crippen LogP contribution in [0.2, 0.25) is 0 Å². The van der Waals surface area contributed by atoms with E-state index in [2.05, 4.69) is 15.3 Å². The first-order valence-corrected chi connectivity index (χ1v) is 13.4. The maximum atomic E-state index is 13.6. The largest absolute Gasteiger partial charge is 0.481 e. The molecule has 1 aromatic carbocycles. The van der Waals surface area contributed by atoms with Gasteiger partial charge in [-0.25, -0.2) is 18.4 Å². The Bertz CT molecular complexity index is 1430. The summed E-state index contributed by atoms with van der Waals surface area (Å²) in [5.74, 6) is 0.544. The number of aromatic nitrogens is 2. The Labute approximate surface area is 211 Å². The highest BCUT2D eigenvalue weighted by atomic mass is 32.2. The minimum absolute atomic E-state index is 0.0217. The van der Waals surface area contributed by atoms with Crippen molar-refractivity contribution < 1.29 is 22.7 Å². The van der Waals surface area contributed by atoms with Crippen molar-refractivity contribution in [3.05, 3.63) is 76.6 Å². The minimum Gasteiger partial charge on any atom is -0.481 e. The normalized spacial score (nSPS) is 17.4. The van der Waals surface area contributed by atoms with Gasteiger partial charge in [0.25, 0.3) is 0 Å². The average molecular weight is 508 g/mol. The lowest BCUT2D eigenvalue weighted by Gasteiger charge is -2.33. The number of Topliss-reactive ketones (excluding diaryl/α,β-unsaturated/α-hetero) is 1. The lowest BCUT2D eigenvalue weighted by Crippen LogP contribution is -2.39. The van der Waals surface area contributed by atoms with E-state index in [-0.39, 0.29) is 28.8 Å². The van der Waals surface area contributed by atoms with Crippen LogP contribution in [-0.4, -0.2) is 42.9 Å². The van der Waals surface area contributed by atoms with Crippen LogP contribution >= 0.6 is 0 Å². The molecule has 0 bridgehead atoms. The monoisotopic (exact) mass is 507 g/mol. The molecule has 1 N–H and O–H groups in total. The Morgan fingerprint density at radius 1 is 1.14 bits per heavy atom. The van der Waals surface area contributed by atoms with E-state index in [9.17, 15) is 18.0 Å². The van der Waals surface area contributed by atoms with E-state index in [0.29, 0.717) is 47.1 Å². The Morgan fingerprint density at radius 2 is 1.86 bits per heavy atom. The molecule has 36 heavy (non-hydrogen) atoms. The summed E-state index contributed by atoms with van der Waals surface area (Å²) < 4.78 is 29.2. The van der Waals surface area contributed by atoms with Gasteiger partial charge >= 0.3 is 0 Å². The molecule has 9 heteroatoms. The average Bonchev–Trinajstić information content (AvgIpc) is 2.86. The molecule has 0 spiro atoms. The summed E-state index contributed by atoms with van der Waals surface area (Å²) in [5.41, 5.74) is 2.52. The standard InChI is InChI=1S/C27H29N3O5S/c1-5-36(33,34)19-11-9-18(10-12-19)16-23(31)30-22-15-17(2)25-20(28-22)13-14-27(3,26(25)32)21-7-6-8-24(29-21)35-4/h6-12,15H,5,13-14,16H2,1-4H3,(H,28,30,31). The number of fused-ring (bicyclic) bond motifs is 1. The Morgan fingerprint density at radius 3 is 2.53 bits per heavy atom. The Hall–Kier alpha value is -3.59. The number of ether oxygens (including phenoxy) is 1. The number of ketones is 1. The number of carbonyl (C=O) groups excluding carboxylic acids is 2. The van der Waals surface area contributed by atoms with Crippen LogP contribution in [0.4, 0.5) is 5.82 Å². The van der Waals surface area contributed by atoms with Crippen molar-refractivity contribution >= 4 is 27.3 Å². The fourth-order valence-corrected chi connectivity index (χ4v) is 5.37. The van der Waals surface area contributed by atoms with E-state index in [0.717, 1.165) is 5.56 Å². The number of rotatable bonds is 7. The number of hydrogen-bond acceptors (Lipinski definition) is 7. The number of amides is 1. The van der Waals surface area contributed by atoms with Crippen molar-refractivity contribution in [3.8, 4) is 5.88 Å². The van der Waals surface area contributed by atoms with Gasteiger partial charge in [-0.1, -0.05) is 25.1 Å². The fraction of sp³-hybridized carbons (Fsp3) is 0.333. The molecule has 2 aromatic heterocycles. The molecule has 8 nitrogen and oxygen atoms in total. The van der Waals surface area contributed by atoms with Gasteiger partial charge in [0, 0.05) is 11.6 Å².